The molecule has 23 heavy (non-hydrogen) atoms. The Balaban J connectivity index is 1.66. The molecule has 0 aliphatic carbocycles. The van der Waals surface area contributed by atoms with Gasteiger partial charge in [-0.1, -0.05) is 48.0 Å². The number of carbonyl (C=O) groups excluding carboxylic acids is 1. The average molecular weight is 349 g/mol. The molecule has 2 aromatic rings. The number of urea groups is 1. The fourth-order valence-electron chi connectivity index (χ4n) is 2.61. The lowest BCUT2D eigenvalue weighted by atomic mass is 9.91. The molecule has 2 aromatic carbocycles. The fraction of sp³-hybridized carbons (Fsp3) is 0.235. The van der Waals surface area contributed by atoms with E-state index in [-0.39, 0.29) is 12.6 Å². The second-order valence-electron chi connectivity index (χ2n) is 5.47. The summed E-state index contributed by atoms with van der Waals surface area (Å²) in [4.78, 5) is 12.1. The number of carbonyl (C=O) groups is 1. The molecule has 120 valence electrons. The van der Waals surface area contributed by atoms with Gasteiger partial charge >= 0.3 is 6.03 Å². The van der Waals surface area contributed by atoms with Crippen molar-refractivity contribution in [2.45, 2.75) is 11.4 Å². The molecule has 0 radical (unpaired) electrons. The van der Waals surface area contributed by atoms with Crippen LogP contribution in [0.1, 0.15) is 11.1 Å². The van der Waals surface area contributed by atoms with Crippen LogP contribution in [0.4, 0.5) is 10.5 Å². The summed E-state index contributed by atoms with van der Waals surface area (Å²) < 4.78 is 0. The molecule has 3 rings (SSSR count). The minimum absolute atomic E-state index is 0.146. The molecule has 1 aliphatic heterocycles. The maximum Gasteiger partial charge on any atom is 0.319 e. The van der Waals surface area contributed by atoms with Crippen LogP contribution in [0.5, 0.6) is 0 Å². The number of aliphatic hydroxyl groups is 1. The Morgan fingerprint density at radius 2 is 1.96 bits per heavy atom. The van der Waals surface area contributed by atoms with E-state index < -0.39 is 5.60 Å². The summed E-state index contributed by atoms with van der Waals surface area (Å²) >= 11 is 7.68. The lowest BCUT2D eigenvalue weighted by Gasteiger charge is -2.34. The van der Waals surface area contributed by atoms with Gasteiger partial charge in [0.1, 0.15) is 5.60 Å². The van der Waals surface area contributed by atoms with Crippen molar-refractivity contribution in [1.82, 2.24) is 5.32 Å². The molecule has 0 fully saturated rings. The number of hydrogen-bond donors (Lipinski definition) is 3. The van der Waals surface area contributed by atoms with Crippen LogP contribution in [0.2, 0.25) is 5.02 Å². The molecule has 0 aromatic heterocycles. The van der Waals surface area contributed by atoms with Crippen molar-refractivity contribution >= 4 is 35.1 Å². The predicted octanol–water partition coefficient (Wildman–Crippen LogP) is 3.60. The van der Waals surface area contributed by atoms with Crippen LogP contribution in [0.15, 0.2) is 48.5 Å². The number of para-hydroxylation sites is 1. The topological polar surface area (TPSA) is 61.4 Å². The van der Waals surface area contributed by atoms with Gasteiger partial charge in [0.2, 0.25) is 0 Å². The zero-order valence-electron chi connectivity index (χ0n) is 12.4. The molecule has 6 heteroatoms. The highest BCUT2D eigenvalue weighted by molar-refractivity contribution is 7.98. The smallest absolute Gasteiger partial charge is 0.319 e. The summed E-state index contributed by atoms with van der Waals surface area (Å²) in [5.41, 5.74) is 1.48. The Bertz CT molecular complexity index is 725. The number of benzene rings is 2. The summed E-state index contributed by atoms with van der Waals surface area (Å²) in [5, 5.41) is 16.8. The van der Waals surface area contributed by atoms with E-state index >= 15 is 0 Å². The number of rotatable bonds is 3. The van der Waals surface area contributed by atoms with Crippen molar-refractivity contribution in [1.29, 1.82) is 0 Å². The van der Waals surface area contributed by atoms with Crippen LogP contribution in [-0.4, -0.2) is 23.4 Å². The minimum atomic E-state index is -1.06. The third-order valence-electron chi connectivity index (χ3n) is 3.78. The molecule has 3 N–H and O–H groups in total. The Hall–Kier alpha value is -1.69. The SMILES string of the molecule is O=C(NCC1(O)CSCc2ccccc21)Nc1ccccc1Cl. The Morgan fingerprint density at radius 3 is 2.78 bits per heavy atom. The summed E-state index contributed by atoms with van der Waals surface area (Å²) in [6, 6.07) is 14.4. The first-order chi connectivity index (χ1) is 11.1. The Kier molecular flexibility index (Phi) is 4.80. The molecule has 1 heterocycles. The van der Waals surface area contributed by atoms with E-state index in [2.05, 4.69) is 10.6 Å². The van der Waals surface area contributed by atoms with Crippen LogP contribution in [0.25, 0.3) is 0 Å². The predicted molar refractivity (Wildman–Crippen MR) is 95.0 cm³/mol. The molecular formula is C17H17ClN2O2S. The van der Waals surface area contributed by atoms with Gasteiger partial charge in [0.15, 0.2) is 0 Å². The van der Waals surface area contributed by atoms with Gasteiger partial charge in [-0.3, -0.25) is 0 Å². The van der Waals surface area contributed by atoms with Crippen LogP contribution < -0.4 is 10.6 Å². The number of nitrogens with one attached hydrogen (secondary N) is 2. The molecule has 0 spiro atoms. The van der Waals surface area contributed by atoms with Crippen molar-refractivity contribution < 1.29 is 9.90 Å². The monoisotopic (exact) mass is 348 g/mol. The molecule has 0 saturated heterocycles. The normalized spacial score (nSPS) is 19.7. The van der Waals surface area contributed by atoms with E-state index in [9.17, 15) is 9.90 Å². The van der Waals surface area contributed by atoms with Gasteiger partial charge in [0.25, 0.3) is 0 Å². The van der Waals surface area contributed by atoms with Crippen molar-refractivity contribution in [3.05, 3.63) is 64.7 Å². The molecular weight excluding hydrogens is 332 g/mol. The van der Waals surface area contributed by atoms with Crippen LogP contribution in [0, 0.1) is 0 Å². The molecule has 1 atom stereocenters. The van der Waals surface area contributed by atoms with E-state index in [1.807, 2.05) is 24.3 Å². The minimum Gasteiger partial charge on any atom is -0.382 e. The number of amides is 2. The van der Waals surface area contributed by atoms with Gasteiger partial charge < -0.3 is 15.7 Å². The van der Waals surface area contributed by atoms with Crippen molar-refractivity contribution in [3.8, 4) is 0 Å². The molecule has 0 bridgehead atoms. The van der Waals surface area contributed by atoms with Gasteiger partial charge in [-0.15, -0.1) is 0 Å². The molecule has 0 saturated carbocycles. The summed E-state index contributed by atoms with van der Waals surface area (Å²) in [5.74, 6) is 1.43. The van der Waals surface area contributed by atoms with E-state index in [1.54, 1.807) is 36.0 Å². The zero-order chi connectivity index (χ0) is 16.3. The van der Waals surface area contributed by atoms with Crippen molar-refractivity contribution in [2.24, 2.45) is 0 Å². The number of hydrogen-bond acceptors (Lipinski definition) is 3. The van der Waals surface area contributed by atoms with E-state index in [4.69, 9.17) is 11.6 Å². The number of fused-ring (bicyclic) bond motifs is 1. The number of anilines is 1. The van der Waals surface area contributed by atoms with Gasteiger partial charge in [-0.2, -0.15) is 11.8 Å². The molecule has 4 nitrogen and oxygen atoms in total. The third-order valence-corrected chi connectivity index (χ3v) is 5.31. The van der Waals surface area contributed by atoms with Crippen molar-refractivity contribution in [3.63, 3.8) is 0 Å². The van der Waals surface area contributed by atoms with E-state index in [0.717, 1.165) is 16.9 Å². The lowest BCUT2D eigenvalue weighted by molar-refractivity contribution is 0.0631. The Morgan fingerprint density at radius 1 is 1.22 bits per heavy atom. The molecule has 1 unspecified atom stereocenters. The first-order valence-corrected chi connectivity index (χ1v) is 8.80. The standard InChI is InChI=1S/C17H17ClN2O2S/c18-14-7-3-4-8-15(14)20-16(21)19-10-17(22)11-23-9-12-5-1-2-6-13(12)17/h1-8,22H,9-11H2,(H2,19,20,21). The maximum absolute atomic E-state index is 12.1. The second kappa shape index (κ2) is 6.83. The van der Waals surface area contributed by atoms with Crippen LogP contribution >= 0.6 is 23.4 Å². The maximum atomic E-state index is 12.1. The van der Waals surface area contributed by atoms with Gasteiger partial charge in [0, 0.05) is 11.5 Å². The molecule has 1 aliphatic rings. The first-order valence-electron chi connectivity index (χ1n) is 7.26. The van der Waals surface area contributed by atoms with Crippen LogP contribution in [0.3, 0.4) is 0 Å². The third kappa shape index (κ3) is 3.63. The van der Waals surface area contributed by atoms with Crippen molar-refractivity contribution in [2.75, 3.05) is 17.6 Å². The fourth-order valence-corrected chi connectivity index (χ4v) is 3.96. The lowest BCUT2D eigenvalue weighted by Crippen LogP contribution is -2.45. The highest BCUT2D eigenvalue weighted by atomic mass is 35.5. The van der Waals surface area contributed by atoms with Gasteiger partial charge in [0.05, 0.1) is 17.3 Å². The summed E-state index contributed by atoms with van der Waals surface area (Å²) in [6.45, 7) is 0.146. The van der Waals surface area contributed by atoms with E-state index in [0.29, 0.717) is 16.5 Å². The van der Waals surface area contributed by atoms with E-state index in [1.165, 1.54) is 0 Å². The summed E-state index contributed by atoms with van der Waals surface area (Å²) in [7, 11) is 0. The first kappa shape index (κ1) is 16.2. The van der Waals surface area contributed by atoms with Gasteiger partial charge in [-0.25, -0.2) is 4.79 Å². The highest BCUT2D eigenvalue weighted by Crippen LogP contribution is 2.35. The molecule has 2 amide bonds. The number of thioether (sulfide) groups is 1. The van der Waals surface area contributed by atoms with Crippen LogP contribution in [-0.2, 0) is 11.4 Å². The summed E-state index contributed by atoms with van der Waals surface area (Å²) in [6.07, 6.45) is 0. The Labute approximate surface area is 144 Å². The second-order valence-corrected chi connectivity index (χ2v) is 6.86. The highest BCUT2D eigenvalue weighted by Gasteiger charge is 2.34. The average Bonchev–Trinajstić information content (AvgIpc) is 2.56. The quantitative estimate of drug-likeness (QED) is 0.794. The number of halogens is 1. The van der Waals surface area contributed by atoms with Gasteiger partial charge in [-0.05, 0) is 23.3 Å². The largest absolute Gasteiger partial charge is 0.382 e. The zero-order valence-corrected chi connectivity index (χ0v) is 14.0.